The monoisotopic (exact) mass is 301 g/mol. The molecule has 1 aliphatic heterocycles. The Labute approximate surface area is 128 Å². The number of aryl methyl sites for hydroxylation is 2. The average molecular weight is 301 g/mol. The average Bonchev–Trinajstić information content (AvgIpc) is 2.60. The minimum absolute atomic E-state index is 0.0922. The van der Waals surface area contributed by atoms with Crippen LogP contribution in [0.15, 0.2) is 34.3 Å². The summed E-state index contributed by atoms with van der Waals surface area (Å²) in [6.45, 7) is 6.96. The predicted octanol–water partition coefficient (Wildman–Crippen LogP) is 0.444. The molecule has 2 rings (SSSR count). The Kier molecular flexibility index (Phi) is 4.25. The smallest absolute Gasteiger partial charge is 0.252 e. The zero-order valence-electron chi connectivity index (χ0n) is 12.7. The van der Waals surface area contributed by atoms with Gasteiger partial charge >= 0.3 is 0 Å². The van der Waals surface area contributed by atoms with Crippen molar-refractivity contribution in [3.8, 4) is 0 Å². The number of amides is 1. The fraction of sp³-hybridized carbons (Fsp3) is 0.333. The number of carbonyl (C=O) groups excluding carboxylic acids is 1. The van der Waals surface area contributed by atoms with Gasteiger partial charge in [0.1, 0.15) is 6.04 Å². The molecule has 1 aromatic rings. The van der Waals surface area contributed by atoms with Gasteiger partial charge in [0, 0.05) is 26.4 Å². The second-order valence-electron chi connectivity index (χ2n) is 5.25. The highest BCUT2D eigenvalue weighted by atomic mass is 16.2. The van der Waals surface area contributed by atoms with Crippen molar-refractivity contribution in [3.05, 3.63) is 40.5 Å². The fourth-order valence-electron chi connectivity index (χ4n) is 2.46. The molecule has 1 amide bonds. The summed E-state index contributed by atoms with van der Waals surface area (Å²) in [6.07, 6.45) is 2.93. The number of pyridine rings is 1. The fourth-order valence-corrected chi connectivity index (χ4v) is 2.46. The number of nitrogens with one attached hydrogen (secondary N) is 2. The SMILES string of the molecule is C=NC(=N)C(=C)N[C@H]1CCc2cn(C)c(=O)cc2N(C)C1=O. The van der Waals surface area contributed by atoms with E-state index in [9.17, 15) is 9.59 Å². The van der Waals surface area contributed by atoms with Crippen LogP contribution in [0.5, 0.6) is 0 Å². The summed E-state index contributed by atoms with van der Waals surface area (Å²) in [5.74, 6) is -0.268. The molecule has 0 spiro atoms. The second-order valence-corrected chi connectivity index (χ2v) is 5.25. The van der Waals surface area contributed by atoms with E-state index < -0.39 is 6.04 Å². The van der Waals surface area contributed by atoms with Crippen LogP contribution in [0.3, 0.4) is 0 Å². The van der Waals surface area contributed by atoms with Crippen LogP contribution in [0.1, 0.15) is 12.0 Å². The molecule has 0 radical (unpaired) electrons. The molecule has 0 aliphatic carbocycles. The molecule has 1 aromatic heterocycles. The van der Waals surface area contributed by atoms with Gasteiger partial charge in [0.15, 0.2) is 5.84 Å². The summed E-state index contributed by atoms with van der Waals surface area (Å²) < 4.78 is 1.50. The number of amidine groups is 1. The van der Waals surface area contributed by atoms with E-state index in [1.165, 1.54) is 15.5 Å². The Morgan fingerprint density at radius 3 is 2.77 bits per heavy atom. The molecule has 0 aromatic carbocycles. The summed E-state index contributed by atoms with van der Waals surface area (Å²) in [4.78, 5) is 29.3. The van der Waals surface area contributed by atoms with Crippen molar-refractivity contribution in [2.45, 2.75) is 18.9 Å². The van der Waals surface area contributed by atoms with Crippen LogP contribution >= 0.6 is 0 Å². The van der Waals surface area contributed by atoms with Gasteiger partial charge in [-0.2, -0.15) is 0 Å². The molecule has 0 unspecified atom stereocenters. The van der Waals surface area contributed by atoms with Gasteiger partial charge in [-0.15, -0.1) is 0 Å². The van der Waals surface area contributed by atoms with Crippen molar-refractivity contribution in [1.29, 1.82) is 5.41 Å². The van der Waals surface area contributed by atoms with Crippen molar-refractivity contribution in [3.63, 3.8) is 0 Å². The van der Waals surface area contributed by atoms with E-state index in [1.807, 2.05) is 0 Å². The van der Waals surface area contributed by atoms with E-state index in [1.54, 1.807) is 20.3 Å². The first-order valence-electron chi connectivity index (χ1n) is 6.83. The molecule has 22 heavy (non-hydrogen) atoms. The number of aromatic nitrogens is 1. The number of likely N-dealkylation sites (N-methyl/N-ethyl adjacent to an activating group) is 1. The molecule has 7 nitrogen and oxygen atoms in total. The highest BCUT2D eigenvalue weighted by Gasteiger charge is 2.29. The normalized spacial score (nSPS) is 17.5. The second kappa shape index (κ2) is 5.97. The number of hydrogen-bond acceptors (Lipinski definition) is 4. The standard InChI is InChI=1S/C15H19N5O2/c1-9(14(16)17-2)18-11-6-5-10-8-19(3)13(21)7-12(10)20(4)15(11)22/h7-8,11,16,18H,1-2,5-6H2,3-4H3/t11-/m0/s1. The summed E-state index contributed by atoms with van der Waals surface area (Å²) >= 11 is 0. The highest BCUT2D eigenvalue weighted by molar-refractivity contribution is 6.01. The third-order valence-corrected chi connectivity index (χ3v) is 3.77. The van der Waals surface area contributed by atoms with Crippen molar-refractivity contribution in [2.75, 3.05) is 11.9 Å². The summed E-state index contributed by atoms with van der Waals surface area (Å²) in [5.41, 5.74) is 1.65. The van der Waals surface area contributed by atoms with Crippen LogP contribution < -0.4 is 15.8 Å². The van der Waals surface area contributed by atoms with Crippen LogP contribution in [0.2, 0.25) is 0 Å². The maximum absolute atomic E-state index is 12.5. The minimum Gasteiger partial charge on any atom is -0.371 e. The van der Waals surface area contributed by atoms with Gasteiger partial charge in [-0.25, -0.2) is 4.99 Å². The highest BCUT2D eigenvalue weighted by Crippen LogP contribution is 2.24. The zero-order valence-corrected chi connectivity index (χ0v) is 12.7. The Hall–Kier alpha value is -2.70. The molecule has 2 N–H and O–H groups in total. The summed E-state index contributed by atoms with van der Waals surface area (Å²) in [6, 6.07) is 0.949. The van der Waals surface area contributed by atoms with Gasteiger partial charge in [-0.1, -0.05) is 6.58 Å². The van der Waals surface area contributed by atoms with Crippen LogP contribution in [-0.2, 0) is 18.3 Å². The lowest BCUT2D eigenvalue weighted by molar-refractivity contribution is -0.120. The third kappa shape index (κ3) is 2.83. The maximum atomic E-state index is 12.5. The van der Waals surface area contributed by atoms with Gasteiger partial charge in [-0.3, -0.25) is 15.0 Å². The van der Waals surface area contributed by atoms with Crippen LogP contribution in [0, 0.1) is 5.41 Å². The first kappa shape index (κ1) is 15.7. The Morgan fingerprint density at radius 2 is 2.14 bits per heavy atom. The summed E-state index contributed by atoms with van der Waals surface area (Å²) in [5, 5.41) is 10.5. The summed E-state index contributed by atoms with van der Waals surface area (Å²) in [7, 11) is 3.32. The number of carbonyl (C=O) groups is 1. The van der Waals surface area contributed by atoms with Crippen molar-refractivity contribution in [2.24, 2.45) is 12.0 Å². The quantitative estimate of drug-likeness (QED) is 0.627. The minimum atomic E-state index is -0.521. The van der Waals surface area contributed by atoms with Crippen molar-refractivity contribution in [1.82, 2.24) is 9.88 Å². The Bertz CT molecular complexity index is 719. The number of rotatable bonds is 3. The first-order chi connectivity index (χ1) is 10.3. The van der Waals surface area contributed by atoms with Gasteiger partial charge in [0.05, 0.1) is 11.4 Å². The van der Waals surface area contributed by atoms with Gasteiger partial charge < -0.3 is 14.8 Å². The van der Waals surface area contributed by atoms with Gasteiger partial charge in [-0.05, 0) is 25.1 Å². The first-order valence-corrected chi connectivity index (χ1v) is 6.83. The maximum Gasteiger partial charge on any atom is 0.252 e. The zero-order chi connectivity index (χ0) is 16.4. The lowest BCUT2D eigenvalue weighted by Crippen LogP contribution is -2.44. The third-order valence-electron chi connectivity index (χ3n) is 3.77. The Morgan fingerprint density at radius 1 is 1.45 bits per heavy atom. The number of aliphatic imine (C=N–C) groups is 1. The van der Waals surface area contributed by atoms with Crippen LogP contribution in [0.4, 0.5) is 5.69 Å². The molecule has 0 saturated carbocycles. The van der Waals surface area contributed by atoms with E-state index >= 15 is 0 Å². The van der Waals surface area contributed by atoms with Crippen molar-refractivity contribution < 1.29 is 4.79 Å². The van der Waals surface area contributed by atoms with Crippen LogP contribution in [0.25, 0.3) is 0 Å². The van der Waals surface area contributed by atoms with Crippen molar-refractivity contribution >= 4 is 24.1 Å². The molecule has 1 aliphatic rings. The lowest BCUT2D eigenvalue weighted by Gasteiger charge is -2.23. The molecular weight excluding hydrogens is 282 g/mol. The molecule has 0 saturated heterocycles. The van der Waals surface area contributed by atoms with Gasteiger partial charge in [0.2, 0.25) is 5.91 Å². The molecule has 7 heteroatoms. The van der Waals surface area contributed by atoms with Gasteiger partial charge in [0.25, 0.3) is 5.56 Å². The largest absolute Gasteiger partial charge is 0.371 e. The number of fused-ring (bicyclic) bond motifs is 1. The topological polar surface area (TPSA) is 90.6 Å². The lowest BCUT2D eigenvalue weighted by atomic mass is 10.1. The predicted molar refractivity (Wildman–Crippen MR) is 86.8 cm³/mol. The number of anilines is 1. The number of hydrogen-bond donors (Lipinski definition) is 2. The van der Waals surface area contributed by atoms with E-state index in [2.05, 4.69) is 23.6 Å². The van der Waals surface area contributed by atoms with E-state index in [4.69, 9.17) is 5.41 Å². The van der Waals surface area contributed by atoms with E-state index in [0.717, 1.165) is 5.56 Å². The molecule has 0 fully saturated rings. The van der Waals surface area contributed by atoms with E-state index in [0.29, 0.717) is 18.5 Å². The molecule has 1 atom stereocenters. The molecule has 2 heterocycles. The number of nitrogens with zero attached hydrogens (tertiary/aromatic N) is 3. The van der Waals surface area contributed by atoms with E-state index in [-0.39, 0.29) is 23.0 Å². The van der Waals surface area contributed by atoms with Crippen LogP contribution in [-0.4, -0.2) is 36.1 Å². The molecular formula is C15H19N5O2. The molecule has 116 valence electrons. The molecule has 0 bridgehead atoms. The Balaban J connectivity index is 2.30.